The molecule has 0 spiro atoms. The highest BCUT2D eigenvalue weighted by atomic mass is 16.3. The number of benzene rings is 9. The lowest BCUT2D eigenvalue weighted by Crippen LogP contribution is -2.61. The van der Waals surface area contributed by atoms with E-state index in [-0.39, 0.29) is 17.5 Å². The highest BCUT2D eigenvalue weighted by molar-refractivity contribution is 7.00. The van der Waals surface area contributed by atoms with E-state index in [1.807, 2.05) is 49.3 Å². The number of fused-ring (bicyclic) bond motifs is 10. The zero-order valence-electron chi connectivity index (χ0n) is 45.4. The summed E-state index contributed by atoms with van der Waals surface area (Å²) in [5, 5.41) is 4.32. The molecule has 2 aliphatic carbocycles. The van der Waals surface area contributed by atoms with Gasteiger partial charge in [-0.2, -0.15) is 0 Å². The number of anilines is 6. The predicted octanol–water partition coefficient (Wildman–Crippen LogP) is 18.0. The Labute approximate surface area is 464 Å². The summed E-state index contributed by atoms with van der Waals surface area (Å²) < 4.78 is 25.3. The average Bonchev–Trinajstić information content (AvgIpc) is 3.38. The van der Waals surface area contributed by atoms with Crippen LogP contribution in [-0.2, 0) is 25.7 Å². The highest BCUT2D eigenvalue weighted by Gasteiger charge is 2.46. The third-order valence-electron chi connectivity index (χ3n) is 18.0. The van der Waals surface area contributed by atoms with Crippen LogP contribution in [0.3, 0.4) is 0 Å². The van der Waals surface area contributed by atoms with Gasteiger partial charge in [-0.15, -0.1) is 0 Å². The van der Waals surface area contributed by atoms with E-state index in [9.17, 15) is 0 Å². The Morgan fingerprint density at radius 2 is 0.675 bits per heavy atom. The van der Waals surface area contributed by atoms with E-state index in [2.05, 4.69) is 190 Å². The van der Waals surface area contributed by atoms with Gasteiger partial charge in [-0.3, -0.25) is 0 Å². The van der Waals surface area contributed by atoms with E-state index in [0.717, 1.165) is 125 Å². The van der Waals surface area contributed by atoms with E-state index in [0.29, 0.717) is 0 Å². The fraction of sp³-hybridized carbons (Fsp3) is 0.151. The van der Waals surface area contributed by atoms with Crippen molar-refractivity contribution in [1.29, 1.82) is 0 Å². The topological polar surface area (TPSA) is 59.0 Å². The summed E-state index contributed by atoms with van der Waals surface area (Å²) in [4.78, 5) is 5.22. The largest absolute Gasteiger partial charge is 0.464 e. The van der Waals surface area contributed by atoms with Gasteiger partial charge in [0.1, 0.15) is 22.3 Å². The lowest BCUT2D eigenvalue weighted by Gasteiger charge is -2.45. The van der Waals surface area contributed by atoms with Crippen molar-refractivity contribution in [3.8, 4) is 44.5 Å². The summed E-state index contributed by atoms with van der Waals surface area (Å²) in [6.45, 7) is 12.0. The Bertz CT molecular complexity index is 4310. The van der Waals surface area contributed by atoms with Gasteiger partial charge in [0.25, 0.3) is 6.71 Å². The van der Waals surface area contributed by atoms with Crippen LogP contribution in [0.15, 0.2) is 213 Å². The summed E-state index contributed by atoms with van der Waals surface area (Å²) >= 11 is 0. The fourth-order valence-electron chi connectivity index (χ4n) is 14.7. The molecule has 0 fully saturated rings. The third kappa shape index (κ3) is 6.86. The minimum atomic E-state index is -0.0438. The van der Waals surface area contributed by atoms with Crippen LogP contribution in [0.2, 0.25) is 0 Å². The van der Waals surface area contributed by atoms with Crippen molar-refractivity contribution < 1.29 is 17.7 Å². The Morgan fingerprint density at radius 1 is 0.362 bits per heavy atom. The number of nitrogens with zero attached hydrogens (tertiary/aromatic N) is 2. The molecule has 0 saturated heterocycles. The van der Waals surface area contributed by atoms with Gasteiger partial charge in [0.15, 0.2) is 0 Å². The first-order valence-corrected chi connectivity index (χ1v) is 28.2. The number of hydrogen-bond acceptors (Lipinski definition) is 6. The molecule has 13 aromatic rings. The second kappa shape index (κ2) is 16.4. The Morgan fingerprint density at radius 3 is 1.01 bits per heavy atom. The van der Waals surface area contributed by atoms with Crippen LogP contribution < -0.4 is 26.2 Å². The van der Waals surface area contributed by atoms with Crippen molar-refractivity contribution in [3.63, 3.8) is 0 Å². The molecule has 0 N–H and O–H groups in total. The second-order valence-corrected chi connectivity index (χ2v) is 24.8. The molecule has 9 aromatic carbocycles. The summed E-state index contributed by atoms with van der Waals surface area (Å²) in [6.07, 6.45) is 11.8. The third-order valence-corrected chi connectivity index (χ3v) is 18.0. The summed E-state index contributed by atoms with van der Waals surface area (Å²) in [5.41, 5.74) is 30.2. The SMILES string of the molecule is Cc1cc2c3c(c1)N(c1cc(-c4coc5ccccc45)cc(-c4coc5ccccc45)c1)c1cc4c(cc1B3c1cc3c(cc1N2c1cc(-c2coc5ccccc25)cc(-c2coc5ccccc25)c1)CC(C)(C)C3)CC(C)(C)C4. The van der Waals surface area contributed by atoms with E-state index in [1.165, 1.54) is 67.0 Å². The van der Waals surface area contributed by atoms with Crippen LogP contribution in [0.4, 0.5) is 34.1 Å². The normalized spacial score (nSPS) is 15.5. The van der Waals surface area contributed by atoms with Crippen LogP contribution in [0.25, 0.3) is 88.4 Å². The van der Waals surface area contributed by atoms with Crippen molar-refractivity contribution in [2.24, 2.45) is 10.8 Å². The summed E-state index contributed by atoms with van der Waals surface area (Å²) in [5.74, 6) is 0. The second-order valence-electron chi connectivity index (χ2n) is 24.8. The van der Waals surface area contributed by atoms with E-state index < -0.39 is 0 Å². The molecule has 6 nitrogen and oxygen atoms in total. The number of para-hydroxylation sites is 4. The molecule has 6 heterocycles. The highest BCUT2D eigenvalue weighted by Crippen LogP contribution is 2.52. The minimum absolute atomic E-state index is 0.0438. The smallest absolute Gasteiger partial charge is 0.252 e. The molecule has 0 saturated carbocycles. The van der Waals surface area contributed by atoms with Crippen molar-refractivity contribution in [2.45, 2.75) is 60.3 Å². The Kier molecular flexibility index (Phi) is 9.41. The molecule has 0 radical (unpaired) electrons. The van der Waals surface area contributed by atoms with Crippen LogP contribution in [0.5, 0.6) is 0 Å². The molecule has 7 heteroatoms. The lowest BCUT2D eigenvalue weighted by molar-refractivity contribution is 0.392. The molecule has 384 valence electrons. The molecule has 4 aromatic heterocycles. The first kappa shape index (κ1) is 45.8. The first-order valence-electron chi connectivity index (χ1n) is 28.2. The molecule has 0 unspecified atom stereocenters. The summed E-state index contributed by atoms with van der Waals surface area (Å²) in [7, 11) is 0. The number of furan rings is 4. The number of hydrogen-bond donors (Lipinski definition) is 0. The van der Waals surface area contributed by atoms with Crippen LogP contribution in [0.1, 0.15) is 55.5 Å². The van der Waals surface area contributed by atoms with Crippen molar-refractivity contribution >= 4 is 101 Å². The molecule has 2 aliphatic heterocycles. The Hall–Kier alpha value is -9.20. The molecule has 0 amide bonds. The first-order chi connectivity index (χ1) is 39.0. The molecular weight excluding hydrogens is 980 g/mol. The van der Waals surface area contributed by atoms with E-state index in [1.54, 1.807) is 0 Å². The number of rotatable bonds is 6. The maximum Gasteiger partial charge on any atom is 0.252 e. The average molecular weight is 1040 g/mol. The molecule has 4 aliphatic rings. The summed E-state index contributed by atoms with van der Waals surface area (Å²) in [6, 6.07) is 63.0. The molecule has 0 atom stereocenters. The van der Waals surface area contributed by atoms with Crippen LogP contribution in [0, 0.1) is 17.8 Å². The van der Waals surface area contributed by atoms with Gasteiger partial charge in [-0.05, 0) is 195 Å². The zero-order chi connectivity index (χ0) is 53.3. The Balaban J connectivity index is 0.967. The van der Waals surface area contributed by atoms with Gasteiger partial charge in [0.05, 0.1) is 25.1 Å². The van der Waals surface area contributed by atoms with E-state index in [4.69, 9.17) is 17.7 Å². The van der Waals surface area contributed by atoms with Crippen molar-refractivity contribution in [1.82, 2.24) is 0 Å². The van der Waals surface area contributed by atoms with Crippen molar-refractivity contribution in [2.75, 3.05) is 9.80 Å². The van der Waals surface area contributed by atoms with Crippen molar-refractivity contribution in [3.05, 3.63) is 223 Å². The molecular formula is C73H55BN2O4. The van der Waals surface area contributed by atoms with Crippen LogP contribution in [-0.4, -0.2) is 6.71 Å². The molecule has 17 rings (SSSR count). The maximum atomic E-state index is 6.33. The van der Waals surface area contributed by atoms with Gasteiger partial charge < -0.3 is 27.5 Å². The molecule has 0 bridgehead atoms. The fourth-order valence-corrected chi connectivity index (χ4v) is 14.7. The predicted molar refractivity (Wildman–Crippen MR) is 328 cm³/mol. The monoisotopic (exact) mass is 1030 g/mol. The lowest BCUT2D eigenvalue weighted by atomic mass is 9.33. The standard InChI is InChI=1S/C73H55BN2O4/c1-42-22-65-71-66(23-42)76(52-28-45(59-40-79-69-20-12-8-16-55(59)69)25-46(29-52)60-41-80-70-21-13-9-17-56(60)70)64-33-50-37-73(4,5)35-48(50)31-62(64)74(71)61-30-47-34-72(2,3)36-49(47)32-63(61)75(65)51-26-43(57-38-77-67-18-10-6-14-53(57)67)24-44(27-51)58-39-78-68-19-11-7-15-54(58)68/h6-33,38-41H,34-37H2,1-5H3. The van der Waals surface area contributed by atoms with Gasteiger partial charge in [-0.25, -0.2) is 0 Å². The van der Waals surface area contributed by atoms with E-state index >= 15 is 0 Å². The van der Waals surface area contributed by atoms with Gasteiger partial charge >= 0.3 is 0 Å². The zero-order valence-corrected chi connectivity index (χ0v) is 45.4. The van der Waals surface area contributed by atoms with Crippen LogP contribution >= 0.6 is 0 Å². The van der Waals surface area contributed by atoms with Gasteiger partial charge in [0, 0.05) is 77.9 Å². The number of aryl methyl sites for hydroxylation is 1. The van der Waals surface area contributed by atoms with Gasteiger partial charge in [-0.1, -0.05) is 113 Å². The van der Waals surface area contributed by atoms with Gasteiger partial charge in [0.2, 0.25) is 0 Å². The maximum absolute atomic E-state index is 6.33. The quantitative estimate of drug-likeness (QED) is 0.155. The molecule has 80 heavy (non-hydrogen) atoms. The minimum Gasteiger partial charge on any atom is -0.464 e.